The molecule has 2 rings (SSSR count). The van der Waals surface area contributed by atoms with Crippen LogP contribution in [0.2, 0.25) is 0 Å². The second-order valence-corrected chi connectivity index (χ2v) is 5.80. The summed E-state index contributed by atoms with van der Waals surface area (Å²) in [7, 11) is 0. The van der Waals surface area contributed by atoms with E-state index in [1.54, 1.807) is 0 Å². The summed E-state index contributed by atoms with van der Waals surface area (Å²) in [6.07, 6.45) is 8.44. The molecule has 0 spiro atoms. The van der Waals surface area contributed by atoms with E-state index < -0.39 is 0 Å². The molecule has 22 heavy (non-hydrogen) atoms. The molecule has 1 aromatic rings. The van der Waals surface area contributed by atoms with E-state index in [0.717, 1.165) is 26.1 Å². The Hall–Kier alpha value is -1.65. The zero-order valence-corrected chi connectivity index (χ0v) is 13.2. The smallest absolute Gasteiger partial charge is 0.221 e. The maximum atomic E-state index is 11.6. The van der Waals surface area contributed by atoms with Gasteiger partial charge in [-0.1, -0.05) is 48.9 Å². The molecule has 1 amide bonds. The van der Waals surface area contributed by atoms with Gasteiger partial charge in [0.25, 0.3) is 0 Å². The maximum absolute atomic E-state index is 11.6. The Balaban J connectivity index is 1.81. The minimum Gasteiger partial charge on any atom is -0.354 e. The fraction of sp³-hybridized carbons (Fsp3) is 0.500. The molecule has 4 nitrogen and oxygen atoms in total. The van der Waals surface area contributed by atoms with E-state index in [2.05, 4.69) is 46.6 Å². The monoisotopic (exact) mass is 301 g/mol. The summed E-state index contributed by atoms with van der Waals surface area (Å²) >= 11 is 0. The van der Waals surface area contributed by atoms with Gasteiger partial charge in [0.15, 0.2) is 0 Å². The molecule has 0 bridgehead atoms. The van der Waals surface area contributed by atoms with Crippen LogP contribution in [-0.2, 0) is 4.79 Å². The molecular weight excluding hydrogens is 274 g/mol. The first-order chi connectivity index (χ1) is 10.8. The Labute approximate surface area is 133 Å². The number of piperidine rings is 1. The highest BCUT2D eigenvalue weighted by Gasteiger charge is 2.21. The second kappa shape index (κ2) is 9.38. The number of hydrogen-bond acceptors (Lipinski definition) is 3. The van der Waals surface area contributed by atoms with E-state index in [-0.39, 0.29) is 5.91 Å². The van der Waals surface area contributed by atoms with Crippen molar-refractivity contribution < 1.29 is 4.79 Å². The lowest BCUT2D eigenvalue weighted by molar-refractivity contribution is -0.121. The largest absolute Gasteiger partial charge is 0.354 e. The maximum Gasteiger partial charge on any atom is 0.221 e. The summed E-state index contributed by atoms with van der Waals surface area (Å²) in [5, 5.41) is 3.01. The van der Waals surface area contributed by atoms with E-state index in [1.165, 1.54) is 18.4 Å². The van der Waals surface area contributed by atoms with Crippen molar-refractivity contribution in [2.75, 3.05) is 26.2 Å². The van der Waals surface area contributed by atoms with Crippen LogP contribution in [0, 0.1) is 0 Å². The minimum absolute atomic E-state index is 0.0628. The number of likely N-dealkylation sites (tertiary alicyclic amines) is 1. The summed E-state index contributed by atoms with van der Waals surface area (Å²) in [6.45, 7) is 3.20. The number of amides is 1. The highest BCUT2D eigenvalue weighted by atomic mass is 16.1. The predicted molar refractivity (Wildman–Crippen MR) is 91.4 cm³/mol. The Morgan fingerprint density at radius 2 is 2.14 bits per heavy atom. The third-order valence-electron chi connectivity index (χ3n) is 4.11. The minimum atomic E-state index is 0.0628. The van der Waals surface area contributed by atoms with E-state index in [0.29, 0.717) is 19.0 Å². The number of nitrogens with one attached hydrogen (secondary N) is 1. The number of rotatable bonds is 7. The van der Waals surface area contributed by atoms with Crippen molar-refractivity contribution in [3.63, 3.8) is 0 Å². The standard InChI is InChI=1S/C18H27N3O/c19-12-11-18(22)20-15-17-10-4-5-13-21(17)14-6-9-16-7-2-1-3-8-16/h1-3,6-9,17H,4-5,10-15,19H2,(H,20,22)/b9-6+. The van der Waals surface area contributed by atoms with Gasteiger partial charge in [0.1, 0.15) is 0 Å². The highest BCUT2D eigenvalue weighted by molar-refractivity contribution is 5.76. The van der Waals surface area contributed by atoms with Crippen molar-refractivity contribution in [2.45, 2.75) is 31.7 Å². The van der Waals surface area contributed by atoms with Crippen molar-refractivity contribution in [3.8, 4) is 0 Å². The number of benzene rings is 1. The molecule has 1 aromatic carbocycles. The fourth-order valence-electron chi connectivity index (χ4n) is 2.87. The zero-order valence-electron chi connectivity index (χ0n) is 13.2. The van der Waals surface area contributed by atoms with Crippen molar-refractivity contribution in [3.05, 3.63) is 42.0 Å². The first-order valence-electron chi connectivity index (χ1n) is 8.22. The molecule has 1 unspecified atom stereocenters. The van der Waals surface area contributed by atoms with E-state index in [1.807, 2.05) is 6.07 Å². The van der Waals surface area contributed by atoms with Gasteiger partial charge in [-0.05, 0) is 24.9 Å². The quantitative estimate of drug-likeness (QED) is 0.810. The van der Waals surface area contributed by atoms with Gasteiger partial charge in [-0.3, -0.25) is 9.69 Å². The molecular formula is C18H27N3O. The average molecular weight is 301 g/mol. The Bertz CT molecular complexity index is 472. The van der Waals surface area contributed by atoms with Crippen LogP contribution in [-0.4, -0.2) is 43.0 Å². The van der Waals surface area contributed by atoms with Crippen molar-refractivity contribution in [2.24, 2.45) is 5.73 Å². The van der Waals surface area contributed by atoms with Gasteiger partial charge >= 0.3 is 0 Å². The van der Waals surface area contributed by atoms with Crippen LogP contribution in [0.3, 0.4) is 0 Å². The topological polar surface area (TPSA) is 58.4 Å². The molecule has 1 heterocycles. The molecule has 1 atom stereocenters. The molecule has 3 N–H and O–H groups in total. The molecule has 0 aromatic heterocycles. The first-order valence-corrected chi connectivity index (χ1v) is 8.22. The lowest BCUT2D eigenvalue weighted by Crippen LogP contribution is -2.46. The summed E-state index contributed by atoms with van der Waals surface area (Å²) < 4.78 is 0. The lowest BCUT2D eigenvalue weighted by atomic mass is 10.0. The van der Waals surface area contributed by atoms with Gasteiger partial charge in [0, 0.05) is 32.1 Å². The van der Waals surface area contributed by atoms with Gasteiger partial charge in [0.05, 0.1) is 0 Å². The lowest BCUT2D eigenvalue weighted by Gasteiger charge is -2.35. The molecule has 120 valence electrons. The Morgan fingerprint density at radius 1 is 1.32 bits per heavy atom. The highest BCUT2D eigenvalue weighted by Crippen LogP contribution is 2.16. The molecule has 1 aliphatic rings. The van der Waals surface area contributed by atoms with Crippen LogP contribution in [0.5, 0.6) is 0 Å². The SMILES string of the molecule is NCCC(=O)NCC1CCCCN1C/C=C/c1ccccc1. The average Bonchev–Trinajstić information content (AvgIpc) is 2.55. The molecule has 0 saturated carbocycles. The summed E-state index contributed by atoms with van der Waals surface area (Å²) in [5.41, 5.74) is 6.64. The van der Waals surface area contributed by atoms with E-state index in [4.69, 9.17) is 5.73 Å². The summed E-state index contributed by atoms with van der Waals surface area (Å²) in [6, 6.07) is 10.8. The third-order valence-corrected chi connectivity index (χ3v) is 4.11. The van der Waals surface area contributed by atoms with Crippen molar-refractivity contribution in [1.82, 2.24) is 10.2 Å². The van der Waals surface area contributed by atoms with Crippen LogP contribution in [0.1, 0.15) is 31.2 Å². The second-order valence-electron chi connectivity index (χ2n) is 5.80. The summed E-state index contributed by atoms with van der Waals surface area (Å²) in [4.78, 5) is 14.0. The normalized spacial score (nSPS) is 19.4. The fourth-order valence-corrected chi connectivity index (χ4v) is 2.87. The van der Waals surface area contributed by atoms with Gasteiger partial charge in [0.2, 0.25) is 5.91 Å². The molecule has 4 heteroatoms. The summed E-state index contributed by atoms with van der Waals surface area (Å²) in [5.74, 6) is 0.0628. The molecule has 1 saturated heterocycles. The molecule has 1 fully saturated rings. The molecule has 1 aliphatic heterocycles. The number of hydrogen-bond donors (Lipinski definition) is 2. The van der Waals surface area contributed by atoms with Gasteiger partial charge in [-0.15, -0.1) is 0 Å². The van der Waals surface area contributed by atoms with Crippen LogP contribution >= 0.6 is 0 Å². The van der Waals surface area contributed by atoms with Gasteiger partial charge < -0.3 is 11.1 Å². The molecule has 0 radical (unpaired) electrons. The van der Waals surface area contributed by atoms with Gasteiger partial charge in [-0.25, -0.2) is 0 Å². The van der Waals surface area contributed by atoms with Crippen molar-refractivity contribution in [1.29, 1.82) is 0 Å². The first kappa shape index (κ1) is 16.7. The number of nitrogens with zero attached hydrogens (tertiary/aromatic N) is 1. The number of nitrogens with two attached hydrogens (primary N) is 1. The van der Waals surface area contributed by atoms with Crippen molar-refractivity contribution >= 4 is 12.0 Å². The van der Waals surface area contributed by atoms with Crippen LogP contribution in [0.25, 0.3) is 6.08 Å². The van der Waals surface area contributed by atoms with Crippen LogP contribution in [0.4, 0.5) is 0 Å². The number of carbonyl (C=O) groups is 1. The predicted octanol–water partition coefficient (Wildman–Crippen LogP) is 2.02. The molecule has 0 aliphatic carbocycles. The van der Waals surface area contributed by atoms with E-state index in [9.17, 15) is 4.79 Å². The van der Waals surface area contributed by atoms with E-state index >= 15 is 0 Å². The van der Waals surface area contributed by atoms with Crippen LogP contribution in [0.15, 0.2) is 36.4 Å². The number of carbonyl (C=O) groups excluding carboxylic acids is 1. The third kappa shape index (κ3) is 5.62. The van der Waals surface area contributed by atoms with Crippen LogP contribution < -0.4 is 11.1 Å². The zero-order chi connectivity index (χ0) is 15.6. The van der Waals surface area contributed by atoms with Gasteiger partial charge in [-0.2, -0.15) is 0 Å². The Morgan fingerprint density at radius 3 is 2.91 bits per heavy atom. The Kier molecular flexibility index (Phi) is 7.13.